The molecule has 0 atom stereocenters. The molecular formula is C5H3LiO3. The molecule has 0 amide bonds. The molecule has 0 unspecified atom stereocenters. The van der Waals surface area contributed by atoms with Crippen LogP contribution >= 0.6 is 0 Å². The van der Waals surface area contributed by atoms with Crippen molar-refractivity contribution in [3.8, 4) is 0 Å². The molecule has 1 N–H and O–H groups in total. The fourth-order valence-electron chi connectivity index (χ4n) is 0.349. The average molecular weight is 118 g/mol. The molecule has 0 saturated heterocycles. The molecule has 1 rings (SSSR count). The predicted octanol–water partition coefficient (Wildman–Crippen LogP) is -2.22. The first-order valence-electron chi connectivity index (χ1n) is 1.99. The van der Waals surface area contributed by atoms with Crippen LogP contribution in [0.1, 0.15) is 10.4 Å². The fraction of sp³-hybridized carbons (Fsp3) is 0. The van der Waals surface area contributed by atoms with E-state index in [1.165, 1.54) is 12.3 Å². The number of carboxylic acid groups (broad SMARTS) is 1. The molecule has 0 radical (unpaired) electrons. The third-order valence-corrected chi connectivity index (χ3v) is 0.702. The van der Waals surface area contributed by atoms with Crippen molar-refractivity contribution in [3.05, 3.63) is 24.2 Å². The summed E-state index contributed by atoms with van der Waals surface area (Å²) in [6, 6.07) is 1.34. The summed E-state index contributed by atoms with van der Waals surface area (Å²) >= 11 is 0. The van der Waals surface area contributed by atoms with Crippen LogP contribution in [0.3, 0.4) is 0 Å². The zero-order chi connectivity index (χ0) is 5.98. The van der Waals surface area contributed by atoms with Crippen LogP contribution in [0.2, 0.25) is 0 Å². The Bertz CT molecular complexity index is 180. The van der Waals surface area contributed by atoms with E-state index < -0.39 is 5.97 Å². The SMILES string of the molecule is O=C(O)c1[c-]occ1.[Li+]. The van der Waals surface area contributed by atoms with Crippen LogP contribution in [0.5, 0.6) is 0 Å². The number of hydrogen-bond acceptors (Lipinski definition) is 2. The molecule has 0 aliphatic heterocycles. The normalized spacial score (nSPS) is 8.00. The molecule has 0 aliphatic rings. The first-order chi connectivity index (χ1) is 3.80. The number of rotatable bonds is 1. The van der Waals surface area contributed by atoms with Crippen molar-refractivity contribution in [2.45, 2.75) is 0 Å². The van der Waals surface area contributed by atoms with Crippen molar-refractivity contribution in [2.75, 3.05) is 0 Å². The van der Waals surface area contributed by atoms with Crippen molar-refractivity contribution in [1.82, 2.24) is 0 Å². The summed E-state index contributed by atoms with van der Waals surface area (Å²) in [5.41, 5.74) is 0.0602. The molecule has 0 saturated carbocycles. The largest absolute Gasteiger partial charge is 1.00 e. The Morgan fingerprint density at radius 2 is 2.44 bits per heavy atom. The predicted molar refractivity (Wildman–Crippen MR) is 24.5 cm³/mol. The number of hydrogen-bond donors (Lipinski definition) is 1. The van der Waals surface area contributed by atoms with Gasteiger partial charge in [-0.05, 0) is 11.8 Å². The van der Waals surface area contributed by atoms with Crippen LogP contribution in [0, 0.1) is 6.26 Å². The zero-order valence-corrected chi connectivity index (χ0v) is 4.92. The van der Waals surface area contributed by atoms with Crippen molar-refractivity contribution in [3.63, 3.8) is 0 Å². The summed E-state index contributed by atoms with van der Waals surface area (Å²) in [6.07, 6.45) is 3.43. The van der Waals surface area contributed by atoms with Gasteiger partial charge in [-0.15, -0.1) is 6.07 Å². The average Bonchev–Trinajstić information content (AvgIpc) is 2.12. The van der Waals surface area contributed by atoms with Crippen molar-refractivity contribution < 1.29 is 33.2 Å². The standard InChI is InChI=1S/C5H3O3.Li/c6-5(7)4-1-2-8-3-4;/h1-2H,(H,6,7);/q-1;+1. The van der Waals surface area contributed by atoms with E-state index in [2.05, 4.69) is 10.7 Å². The minimum absolute atomic E-state index is 0. The Kier molecular flexibility index (Phi) is 3.14. The van der Waals surface area contributed by atoms with E-state index in [-0.39, 0.29) is 24.4 Å². The van der Waals surface area contributed by atoms with Gasteiger partial charge in [0.05, 0.1) is 0 Å². The van der Waals surface area contributed by atoms with Crippen LogP contribution in [0.4, 0.5) is 0 Å². The second-order valence-corrected chi connectivity index (χ2v) is 1.24. The second-order valence-electron chi connectivity index (χ2n) is 1.24. The van der Waals surface area contributed by atoms with Gasteiger partial charge >= 0.3 is 18.9 Å². The maximum atomic E-state index is 9.97. The Hall–Kier alpha value is -0.653. The summed E-state index contributed by atoms with van der Waals surface area (Å²) in [6.45, 7) is 0. The summed E-state index contributed by atoms with van der Waals surface area (Å²) in [5, 5.41) is 8.18. The topological polar surface area (TPSA) is 50.4 Å². The van der Waals surface area contributed by atoms with Crippen LogP contribution in [-0.4, -0.2) is 11.1 Å². The number of furan rings is 1. The van der Waals surface area contributed by atoms with Crippen LogP contribution in [0.25, 0.3) is 0 Å². The van der Waals surface area contributed by atoms with E-state index in [9.17, 15) is 4.79 Å². The molecular weight excluding hydrogens is 115 g/mol. The molecule has 4 heteroatoms. The number of aromatic carboxylic acids is 1. The van der Waals surface area contributed by atoms with Gasteiger partial charge in [-0.2, -0.15) is 0 Å². The molecule has 42 valence electrons. The van der Waals surface area contributed by atoms with E-state index in [0.29, 0.717) is 0 Å². The van der Waals surface area contributed by atoms with Gasteiger partial charge in [0.1, 0.15) is 0 Å². The van der Waals surface area contributed by atoms with Crippen molar-refractivity contribution in [1.29, 1.82) is 0 Å². The Morgan fingerprint density at radius 1 is 1.78 bits per heavy atom. The Balaban J connectivity index is 0.000000640. The molecule has 0 fully saturated rings. The first kappa shape index (κ1) is 8.35. The van der Waals surface area contributed by atoms with Crippen molar-refractivity contribution >= 4 is 5.97 Å². The van der Waals surface area contributed by atoms with Gasteiger partial charge in [-0.1, -0.05) is 0 Å². The molecule has 0 aromatic carbocycles. The van der Waals surface area contributed by atoms with Crippen LogP contribution < -0.4 is 18.9 Å². The van der Waals surface area contributed by atoms with E-state index in [1.54, 1.807) is 0 Å². The van der Waals surface area contributed by atoms with Gasteiger partial charge in [0.15, 0.2) is 0 Å². The van der Waals surface area contributed by atoms with Gasteiger partial charge in [0.2, 0.25) is 5.97 Å². The summed E-state index contributed by atoms with van der Waals surface area (Å²) in [4.78, 5) is 9.97. The maximum absolute atomic E-state index is 9.97. The fourth-order valence-corrected chi connectivity index (χ4v) is 0.349. The monoisotopic (exact) mass is 118 g/mol. The van der Waals surface area contributed by atoms with Gasteiger partial charge in [-0.3, -0.25) is 0 Å². The molecule has 0 aliphatic carbocycles. The zero-order valence-electron chi connectivity index (χ0n) is 4.92. The second kappa shape index (κ2) is 3.39. The van der Waals surface area contributed by atoms with Crippen LogP contribution in [0.15, 0.2) is 16.7 Å². The minimum Gasteiger partial charge on any atom is -0.565 e. The van der Waals surface area contributed by atoms with E-state index in [0.717, 1.165) is 0 Å². The molecule has 1 aromatic heterocycles. The smallest absolute Gasteiger partial charge is 0.565 e. The van der Waals surface area contributed by atoms with Gasteiger partial charge in [0.25, 0.3) is 0 Å². The Labute approximate surface area is 63.8 Å². The molecule has 3 nitrogen and oxygen atoms in total. The molecule has 0 bridgehead atoms. The third-order valence-electron chi connectivity index (χ3n) is 0.702. The van der Waals surface area contributed by atoms with E-state index >= 15 is 0 Å². The molecule has 1 aromatic rings. The number of carboxylic acids is 1. The minimum atomic E-state index is -1.02. The number of carbonyl (C=O) groups is 1. The maximum Gasteiger partial charge on any atom is 1.00 e. The van der Waals surface area contributed by atoms with Crippen molar-refractivity contribution in [2.24, 2.45) is 0 Å². The van der Waals surface area contributed by atoms with Crippen LogP contribution in [-0.2, 0) is 0 Å². The third kappa shape index (κ3) is 1.96. The van der Waals surface area contributed by atoms with Gasteiger partial charge in [0, 0.05) is 6.26 Å². The molecule has 9 heavy (non-hydrogen) atoms. The first-order valence-corrected chi connectivity index (χ1v) is 1.99. The van der Waals surface area contributed by atoms with Gasteiger partial charge in [-0.25, -0.2) is 0 Å². The summed E-state index contributed by atoms with van der Waals surface area (Å²) in [5.74, 6) is -1.02. The molecule has 1 heterocycles. The Morgan fingerprint density at radius 3 is 2.67 bits per heavy atom. The van der Waals surface area contributed by atoms with E-state index in [4.69, 9.17) is 5.11 Å². The quantitative estimate of drug-likeness (QED) is 0.335. The van der Waals surface area contributed by atoms with E-state index in [1.807, 2.05) is 0 Å². The summed E-state index contributed by atoms with van der Waals surface area (Å²) < 4.78 is 4.37. The van der Waals surface area contributed by atoms with Gasteiger partial charge < -0.3 is 14.3 Å². The summed E-state index contributed by atoms with van der Waals surface area (Å²) in [7, 11) is 0. The molecule has 0 spiro atoms.